The second-order valence-corrected chi connectivity index (χ2v) is 8.32. The van der Waals surface area contributed by atoms with Gasteiger partial charge in [0.05, 0.1) is 0 Å². The lowest BCUT2D eigenvalue weighted by atomic mass is 9.79. The average Bonchev–Trinajstić information content (AvgIpc) is 3.22. The van der Waals surface area contributed by atoms with E-state index in [0.29, 0.717) is 17.2 Å². The van der Waals surface area contributed by atoms with E-state index in [-0.39, 0.29) is 6.03 Å². The number of thiazole rings is 1. The number of anilines is 1. The first-order valence-electron chi connectivity index (χ1n) is 9.14. The summed E-state index contributed by atoms with van der Waals surface area (Å²) in [5.74, 6) is 1.60. The molecule has 3 rings (SSSR count). The molecule has 0 unspecified atom stereocenters. The molecule has 0 saturated heterocycles. The smallest absolute Gasteiger partial charge is 0.319 e. The number of aromatic nitrogens is 1. The normalized spacial score (nSPS) is 25.7. The predicted molar refractivity (Wildman–Crippen MR) is 95.8 cm³/mol. The first-order valence-corrected chi connectivity index (χ1v) is 10.0. The van der Waals surface area contributed by atoms with Crippen LogP contribution in [-0.2, 0) is 0 Å². The van der Waals surface area contributed by atoms with Gasteiger partial charge in [-0.05, 0) is 50.4 Å². The van der Waals surface area contributed by atoms with Crippen molar-refractivity contribution in [3.05, 3.63) is 11.6 Å². The number of nitrogens with one attached hydrogen (secondary N) is 1. The summed E-state index contributed by atoms with van der Waals surface area (Å²) in [6.07, 6.45) is 11.4. The number of urea groups is 1. The number of amides is 2. The Balaban J connectivity index is 1.67. The zero-order valence-corrected chi connectivity index (χ0v) is 15.1. The largest absolute Gasteiger partial charge is 0.324 e. The summed E-state index contributed by atoms with van der Waals surface area (Å²) in [6, 6.07) is 0.906. The first kappa shape index (κ1) is 16.7. The number of nitrogens with zero attached hydrogens (tertiary/aromatic N) is 2. The number of rotatable bonds is 4. The molecule has 0 aromatic carbocycles. The highest BCUT2D eigenvalue weighted by Crippen LogP contribution is 2.36. The van der Waals surface area contributed by atoms with Gasteiger partial charge in [-0.1, -0.05) is 26.7 Å². The molecule has 2 aliphatic carbocycles. The maximum absolute atomic E-state index is 12.9. The second kappa shape index (κ2) is 7.65. The third-order valence-corrected chi connectivity index (χ3v) is 6.36. The number of carbonyl (C=O) groups is 1. The minimum absolute atomic E-state index is 0.0693. The summed E-state index contributed by atoms with van der Waals surface area (Å²) in [6.45, 7) is 4.66. The van der Waals surface area contributed by atoms with Crippen LogP contribution in [0.4, 0.5) is 9.93 Å². The van der Waals surface area contributed by atoms with E-state index >= 15 is 0 Å². The molecule has 1 aromatic rings. The third-order valence-electron chi connectivity index (χ3n) is 5.68. The molecular formula is C18H29N3OS. The maximum atomic E-state index is 12.9. The molecule has 0 radical (unpaired) electrons. The van der Waals surface area contributed by atoms with E-state index in [1.165, 1.54) is 37.0 Å². The van der Waals surface area contributed by atoms with Crippen molar-refractivity contribution >= 4 is 22.5 Å². The van der Waals surface area contributed by atoms with Crippen LogP contribution in [0.15, 0.2) is 11.6 Å². The zero-order chi connectivity index (χ0) is 16.2. The molecular weight excluding hydrogens is 306 g/mol. The topological polar surface area (TPSA) is 45.2 Å². The molecule has 2 amide bonds. The fourth-order valence-electron chi connectivity index (χ4n) is 4.30. The monoisotopic (exact) mass is 335 g/mol. The van der Waals surface area contributed by atoms with Crippen LogP contribution in [0, 0.1) is 11.8 Å². The summed E-state index contributed by atoms with van der Waals surface area (Å²) in [4.78, 5) is 19.3. The fourth-order valence-corrected chi connectivity index (χ4v) is 4.82. The van der Waals surface area contributed by atoms with E-state index in [2.05, 4.69) is 29.0 Å². The summed E-state index contributed by atoms with van der Waals surface area (Å²) in [5, 5.41) is 5.65. The Morgan fingerprint density at radius 2 is 1.83 bits per heavy atom. The Morgan fingerprint density at radius 3 is 2.39 bits per heavy atom. The molecule has 2 fully saturated rings. The molecule has 1 aromatic heterocycles. The molecule has 5 heteroatoms. The lowest BCUT2D eigenvalue weighted by Crippen LogP contribution is -2.49. The molecule has 23 heavy (non-hydrogen) atoms. The summed E-state index contributed by atoms with van der Waals surface area (Å²) >= 11 is 1.49. The van der Waals surface area contributed by atoms with Gasteiger partial charge in [0.2, 0.25) is 0 Å². The van der Waals surface area contributed by atoms with Gasteiger partial charge >= 0.3 is 6.03 Å². The number of hydrogen-bond donors (Lipinski definition) is 1. The maximum Gasteiger partial charge on any atom is 0.324 e. The van der Waals surface area contributed by atoms with E-state index in [4.69, 9.17) is 0 Å². The molecule has 1 heterocycles. The molecule has 2 saturated carbocycles. The SMILES string of the molecule is CC(C)C1CCC(N(C(=O)Nc2nccs2)C2CCCC2)CC1. The van der Waals surface area contributed by atoms with Crippen LogP contribution in [0.2, 0.25) is 0 Å². The van der Waals surface area contributed by atoms with Gasteiger partial charge in [-0.2, -0.15) is 0 Å². The van der Waals surface area contributed by atoms with Crippen molar-refractivity contribution in [1.29, 1.82) is 0 Å². The van der Waals surface area contributed by atoms with Gasteiger partial charge in [0.25, 0.3) is 0 Å². The van der Waals surface area contributed by atoms with E-state index in [0.717, 1.165) is 37.5 Å². The molecule has 128 valence electrons. The van der Waals surface area contributed by atoms with Crippen molar-refractivity contribution in [3.8, 4) is 0 Å². The Hall–Kier alpha value is -1.10. The Kier molecular flexibility index (Phi) is 5.57. The van der Waals surface area contributed by atoms with Crippen molar-refractivity contribution < 1.29 is 4.79 Å². The average molecular weight is 336 g/mol. The van der Waals surface area contributed by atoms with Gasteiger partial charge in [0.1, 0.15) is 0 Å². The van der Waals surface area contributed by atoms with Crippen LogP contribution < -0.4 is 5.32 Å². The molecule has 2 aliphatic rings. The van der Waals surface area contributed by atoms with Crippen LogP contribution in [0.5, 0.6) is 0 Å². The van der Waals surface area contributed by atoms with Crippen LogP contribution >= 0.6 is 11.3 Å². The minimum Gasteiger partial charge on any atom is -0.319 e. The molecule has 0 atom stereocenters. The van der Waals surface area contributed by atoms with Crippen molar-refractivity contribution in [3.63, 3.8) is 0 Å². The van der Waals surface area contributed by atoms with Crippen LogP contribution in [0.3, 0.4) is 0 Å². The Bertz CT molecular complexity index is 488. The van der Waals surface area contributed by atoms with Gasteiger partial charge in [0, 0.05) is 23.7 Å². The molecule has 1 N–H and O–H groups in total. The lowest BCUT2D eigenvalue weighted by molar-refractivity contribution is 0.113. The standard InChI is InChI=1S/C18H29N3OS/c1-13(2)14-7-9-16(10-8-14)21(15-5-3-4-6-15)18(22)20-17-19-11-12-23-17/h11-16H,3-10H2,1-2H3,(H,19,20,22). The zero-order valence-electron chi connectivity index (χ0n) is 14.3. The van der Waals surface area contributed by atoms with Gasteiger partial charge in [-0.15, -0.1) is 11.3 Å². The van der Waals surface area contributed by atoms with Gasteiger partial charge in [0.15, 0.2) is 5.13 Å². The number of hydrogen-bond acceptors (Lipinski definition) is 3. The van der Waals surface area contributed by atoms with Gasteiger partial charge in [-0.3, -0.25) is 5.32 Å². The third kappa shape index (κ3) is 4.06. The first-order chi connectivity index (χ1) is 11.1. The van der Waals surface area contributed by atoms with Crippen molar-refractivity contribution in [2.24, 2.45) is 11.8 Å². The van der Waals surface area contributed by atoms with Crippen molar-refractivity contribution in [2.75, 3.05) is 5.32 Å². The Morgan fingerprint density at radius 1 is 1.17 bits per heavy atom. The lowest BCUT2D eigenvalue weighted by Gasteiger charge is -2.41. The van der Waals surface area contributed by atoms with E-state index in [1.807, 2.05) is 5.38 Å². The highest BCUT2D eigenvalue weighted by atomic mass is 32.1. The summed E-state index contributed by atoms with van der Waals surface area (Å²) < 4.78 is 0. The summed E-state index contributed by atoms with van der Waals surface area (Å²) in [7, 11) is 0. The predicted octanol–water partition coefficient (Wildman–Crippen LogP) is 5.13. The van der Waals surface area contributed by atoms with Crippen LogP contribution in [-0.4, -0.2) is 28.0 Å². The van der Waals surface area contributed by atoms with E-state index in [9.17, 15) is 4.79 Å². The van der Waals surface area contributed by atoms with E-state index in [1.54, 1.807) is 6.20 Å². The molecule has 4 nitrogen and oxygen atoms in total. The number of carbonyl (C=O) groups excluding carboxylic acids is 1. The van der Waals surface area contributed by atoms with Crippen LogP contribution in [0.25, 0.3) is 0 Å². The fraction of sp³-hybridized carbons (Fsp3) is 0.778. The molecule has 0 aliphatic heterocycles. The van der Waals surface area contributed by atoms with Crippen molar-refractivity contribution in [1.82, 2.24) is 9.88 Å². The van der Waals surface area contributed by atoms with Crippen molar-refractivity contribution in [2.45, 2.75) is 77.3 Å². The van der Waals surface area contributed by atoms with Gasteiger partial charge < -0.3 is 4.90 Å². The summed E-state index contributed by atoms with van der Waals surface area (Å²) in [5.41, 5.74) is 0. The highest BCUT2D eigenvalue weighted by molar-refractivity contribution is 7.13. The quantitative estimate of drug-likeness (QED) is 0.828. The minimum atomic E-state index is 0.0693. The second-order valence-electron chi connectivity index (χ2n) is 7.43. The highest BCUT2D eigenvalue weighted by Gasteiger charge is 2.35. The Labute approximate surface area is 143 Å². The molecule has 0 spiro atoms. The van der Waals surface area contributed by atoms with Gasteiger partial charge in [-0.25, -0.2) is 9.78 Å². The van der Waals surface area contributed by atoms with Crippen LogP contribution in [0.1, 0.15) is 65.2 Å². The van der Waals surface area contributed by atoms with E-state index < -0.39 is 0 Å². The molecule has 0 bridgehead atoms.